The molecular formula is C22H24N6O3. The van der Waals surface area contributed by atoms with E-state index in [2.05, 4.69) is 31.3 Å². The topological polar surface area (TPSA) is 118 Å². The molecule has 9 heteroatoms. The number of aliphatic hydroxyl groups is 1. The smallest absolute Gasteiger partial charge is 0.253 e. The van der Waals surface area contributed by atoms with Crippen LogP contribution in [0.3, 0.4) is 0 Å². The number of aliphatic imine (C=N–C) groups is 1. The Labute approximate surface area is 179 Å². The summed E-state index contributed by atoms with van der Waals surface area (Å²) in [5, 5.41) is 23.1. The van der Waals surface area contributed by atoms with Gasteiger partial charge in [-0.1, -0.05) is 12.2 Å². The van der Waals surface area contributed by atoms with Crippen molar-refractivity contribution in [1.29, 1.82) is 0 Å². The van der Waals surface area contributed by atoms with Gasteiger partial charge in [-0.25, -0.2) is 9.98 Å². The number of benzene rings is 1. The van der Waals surface area contributed by atoms with Gasteiger partial charge in [-0.15, -0.1) is 0 Å². The van der Waals surface area contributed by atoms with Crippen LogP contribution in [0.1, 0.15) is 30.9 Å². The number of hydrogen-bond acceptors (Lipinski definition) is 8. The summed E-state index contributed by atoms with van der Waals surface area (Å²) in [5.41, 5.74) is 1.94. The number of nitrogens with zero attached hydrogens (tertiary/aromatic N) is 5. The minimum absolute atomic E-state index is 0.0664. The highest BCUT2D eigenvalue weighted by molar-refractivity contribution is 5.87. The zero-order valence-corrected chi connectivity index (χ0v) is 17.1. The van der Waals surface area contributed by atoms with Crippen molar-refractivity contribution in [3.05, 3.63) is 42.2 Å². The molecule has 2 atom stereocenters. The van der Waals surface area contributed by atoms with Crippen LogP contribution in [-0.2, 0) is 0 Å². The highest BCUT2D eigenvalue weighted by Crippen LogP contribution is 2.33. The number of aromatic hydroxyl groups is 1. The number of nitrogens with one attached hydrogen (secondary N) is 1. The van der Waals surface area contributed by atoms with Crippen molar-refractivity contribution in [2.75, 3.05) is 19.0 Å². The van der Waals surface area contributed by atoms with Gasteiger partial charge < -0.3 is 24.8 Å². The first kappa shape index (κ1) is 19.5. The Morgan fingerprint density at radius 2 is 2.16 bits per heavy atom. The van der Waals surface area contributed by atoms with E-state index >= 15 is 0 Å². The van der Waals surface area contributed by atoms with E-state index in [4.69, 9.17) is 4.74 Å². The normalized spacial score (nSPS) is 20.7. The highest BCUT2D eigenvalue weighted by Gasteiger charge is 2.26. The first-order valence-corrected chi connectivity index (χ1v) is 10.4. The summed E-state index contributed by atoms with van der Waals surface area (Å²) in [6, 6.07) is 5.49. The summed E-state index contributed by atoms with van der Waals surface area (Å²) in [4.78, 5) is 18.2. The average Bonchev–Trinajstić information content (AvgIpc) is 3.29. The molecule has 0 aliphatic heterocycles. The first-order valence-electron chi connectivity index (χ1n) is 10.4. The van der Waals surface area contributed by atoms with E-state index in [9.17, 15) is 10.2 Å². The Balaban J connectivity index is 1.51. The highest BCUT2D eigenvalue weighted by atomic mass is 16.5. The predicted molar refractivity (Wildman–Crippen MR) is 117 cm³/mol. The van der Waals surface area contributed by atoms with Crippen LogP contribution in [0.15, 0.2) is 41.7 Å². The molecule has 0 spiro atoms. The SMILES string of the molecule is COc1ccc(/C=N/c2nc(NC3CC3)c3ncn([C@H]4C=C[C@@H](CO)C4)c3n2)c(O)c1. The van der Waals surface area contributed by atoms with Gasteiger partial charge in [-0.3, -0.25) is 0 Å². The summed E-state index contributed by atoms with van der Waals surface area (Å²) < 4.78 is 7.12. The van der Waals surface area contributed by atoms with E-state index in [1.807, 2.05) is 10.6 Å². The molecule has 31 heavy (non-hydrogen) atoms. The molecular weight excluding hydrogens is 396 g/mol. The Morgan fingerprint density at radius 1 is 1.29 bits per heavy atom. The number of hydrogen-bond donors (Lipinski definition) is 3. The molecule has 2 aliphatic rings. The lowest BCUT2D eigenvalue weighted by Crippen LogP contribution is -2.09. The lowest BCUT2D eigenvalue weighted by molar-refractivity contribution is 0.244. The van der Waals surface area contributed by atoms with Crippen LogP contribution in [-0.4, -0.2) is 55.7 Å². The number of phenolic OH excluding ortho intramolecular Hbond substituents is 1. The largest absolute Gasteiger partial charge is 0.507 e. The maximum atomic E-state index is 10.2. The van der Waals surface area contributed by atoms with Crippen molar-refractivity contribution in [3.8, 4) is 11.5 Å². The second kappa shape index (κ2) is 7.99. The minimum atomic E-state index is 0.0664. The molecule has 0 unspecified atom stereocenters. The van der Waals surface area contributed by atoms with E-state index < -0.39 is 0 Å². The third-order valence-electron chi connectivity index (χ3n) is 5.63. The monoisotopic (exact) mass is 420 g/mol. The number of aliphatic hydroxyl groups excluding tert-OH is 1. The number of phenols is 1. The van der Waals surface area contributed by atoms with E-state index in [0.29, 0.717) is 34.3 Å². The third kappa shape index (κ3) is 3.96. The fourth-order valence-corrected chi connectivity index (χ4v) is 3.71. The van der Waals surface area contributed by atoms with Crippen LogP contribution in [0.5, 0.6) is 11.5 Å². The Bertz CT molecular complexity index is 1170. The second-order valence-corrected chi connectivity index (χ2v) is 7.93. The van der Waals surface area contributed by atoms with Crippen LogP contribution in [0.2, 0.25) is 0 Å². The predicted octanol–water partition coefficient (Wildman–Crippen LogP) is 2.97. The number of aromatic nitrogens is 4. The van der Waals surface area contributed by atoms with Crippen molar-refractivity contribution in [1.82, 2.24) is 19.5 Å². The molecule has 1 aromatic carbocycles. The summed E-state index contributed by atoms with van der Waals surface area (Å²) >= 11 is 0. The van der Waals surface area contributed by atoms with Crippen molar-refractivity contribution in [2.24, 2.45) is 10.9 Å². The quantitative estimate of drug-likeness (QED) is 0.397. The van der Waals surface area contributed by atoms with Gasteiger partial charge in [0.2, 0.25) is 0 Å². The molecule has 3 aromatic rings. The van der Waals surface area contributed by atoms with Crippen LogP contribution < -0.4 is 10.1 Å². The van der Waals surface area contributed by atoms with E-state index in [1.54, 1.807) is 25.6 Å². The van der Waals surface area contributed by atoms with Crippen molar-refractivity contribution < 1.29 is 14.9 Å². The van der Waals surface area contributed by atoms with Gasteiger partial charge >= 0.3 is 0 Å². The molecule has 3 N–H and O–H groups in total. The van der Waals surface area contributed by atoms with Gasteiger partial charge in [0.05, 0.1) is 19.5 Å². The number of fused-ring (bicyclic) bond motifs is 1. The van der Waals surface area contributed by atoms with Crippen molar-refractivity contribution >= 4 is 29.1 Å². The van der Waals surface area contributed by atoms with Crippen molar-refractivity contribution in [3.63, 3.8) is 0 Å². The molecule has 0 radical (unpaired) electrons. The average molecular weight is 420 g/mol. The standard InChI is InChI=1S/C22H24N6O3/c1-31-17-7-3-14(18(30)9-17)10-23-22-26-20(25-15-4-5-15)19-21(27-22)28(12-24-19)16-6-2-13(8-16)11-29/h2-3,6-7,9-10,12-13,15-16,29-30H,4-5,8,11H2,1H3,(H,25,26,27)/b23-10+/t13-,16+/m1/s1. The van der Waals surface area contributed by atoms with E-state index in [0.717, 1.165) is 19.3 Å². The zero-order valence-electron chi connectivity index (χ0n) is 17.1. The summed E-state index contributed by atoms with van der Waals surface area (Å²) in [6.45, 7) is 0.129. The number of anilines is 1. The number of ether oxygens (including phenoxy) is 1. The second-order valence-electron chi connectivity index (χ2n) is 7.93. The molecule has 1 fully saturated rings. The number of allylic oxidation sites excluding steroid dienone is 1. The van der Waals surface area contributed by atoms with Crippen LogP contribution in [0, 0.1) is 5.92 Å². The molecule has 2 aromatic heterocycles. The molecule has 5 rings (SSSR count). The van der Waals surface area contributed by atoms with Crippen molar-refractivity contribution in [2.45, 2.75) is 31.3 Å². The fraction of sp³-hybridized carbons (Fsp3) is 0.364. The van der Waals surface area contributed by atoms with Gasteiger partial charge in [0.1, 0.15) is 11.5 Å². The zero-order chi connectivity index (χ0) is 21.4. The van der Waals surface area contributed by atoms with Crippen LogP contribution >= 0.6 is 0 Å². The summed E-state index contributed by atoms with van der Waals surface area (Å²) in [6.07, 6.45) is 10.4. The lowest BCUT2D eigenvalue weighted by atomic mass is 10.1. The van der Waals surface area contributed by atoms with Gasteiger partial charge in [0, 0.05) is 36.4 Å². The van der Waals surface area contributed by atoms with Gasteiger partial charge in [0.15, 0.2) is 17.0 Å². The maximum Gasteiger partial charge on any atom is 0.253 e. The lowest BCUT2D eigenvalue weighted by Gasteiger charge is -2.13. The van der Waals surface area contributed by atoms with Gasteiger partial charge in [-0.05, 0) is 31.4 Å². The Kier molecular flexibility index (Phi) is 5.03. The Morgan fingerprint density at radius 3 is 2.87 bits per heavy atom. The molecule has 9 nitrogen and oxygen atoms in total. The molecule has 2 aliphatic carbocycles. The molecule has 0 saturated heterocycles. The van der Waals surface area contributed by atoms with Crippen LogP contribution in [0.25, 0.3) is 11.2 Å². The molecule has 0 bridgehead atoms. The third-order valence-corrected chi connectivity index (χ3v) is 5.63. The fourth-order valence-electron chi connectivity index (χ4n) is 3.71. The number of methoxy groups -OCH3 is 1. The molecule has 160 valence electrons. The van der Waals surface area contributed by atoms with Gasteiger partial charge in [0.25, 0.3) is 5.95 Å². The van der Waals surface area contributed by atoms with Crippen LogP contribution in [0.4, 0.5) is 11.8 Å². The van der Waals surface area contributed by atoms with E-state index in [1.165, 1.54) is 12.3 Å². The summed E-state index contributed by atoms with van der Waals surface area (Å²) in [5.74, 6) is 1.73. The first-order chi connectivity index (χ1) is 15.1. The van der Waals surface area contributed by atoms with Gasteiger partial charge in [-0.2, -0.15) is 9.97 Å². The van der Waals surface area contributed by atoms with E-state index in [-0.39, 0.29) is 30.3 Å². The number of rotatable bonds is 7. The number of imidazole rings is 1. The molecule has 1 saturated carbocycles. The molecule has 2 heterocycles. The summed E-state index contributed by atoms with van der Waals surface area (Å²) in [7, 11) is 1.55. The maximum absolute atomic E-state index is 10.2. The minimum Gasteiger partial charge on any atom is -0.507 e. The Hall–Kier alpha value is -3.46. The molecule has 0 amide bonds.